The summed E-state index contributed by atoms with van der Waals surface area (Å²) in [6.07, 6.45) is 0. The third kappa shape index (κ3) is 2.35. The molecule has 0 nitrogen and oxygen atoms in total. The molecule has 1 unspecified atom stereocenters. The molecule has 0 saturated heterocycles. The predicted octanol–water partition coefficient (Wildman–Crippen LogP) is 2.53. The molecule has 0 fully saturated rings. The third-order valence-corrected chi connectivity index (χ3v) is 10.4. The average Bonchev–Trinajstić information content (AvgIpc) is 2.56. The summed E-state index contributed by atoms with van der Waals surface area (Å²) in [6, 6.07) is 32.5. The number of rotatable bonds is 3. The Hall–Kier alpha value is -1.69. The van der Waals surface area contributed by atoms with Crippen molar-refractivity contribution in [2.24, 2.45) is 0 Å². The highest BCUT2D eigenvalue weighted by molar-refractivity contribution is 7.79. The molecular formula is C18H17PSi. The Labute approximate surface area is 123 Å². The quantitative estimate of drug-likeness (QED) is 0.395. The van der Waals surface area contributed by atoms with E-state index in [2.05, 4.69) is 99.8 Å². The minimum absolute atomic E-state index is 1.42. The standard InChI is InChI=1S/C18H17PSi/c19-20(16-10-4-1-5-11-16,17-12-6-2-7-13-17)18-14-8-3-9-15-18/h1-15H,19H2. The van der Waals surface area contributed by atoms with E-state index in [1.807, 2.05) is 0 Å². The molecule has 0 aliphatic rings. The van der Waals surface area contributed by atoms with Crippen molar-refractivity contribution < 1.29 is 0 Å². The summed E-state index contributed by atoms with van der Waals surface area (Å²) in [7, 11) is 1.24. The lowest BCUT2D eigenvalue weighted by molar-refractivity contribution is 1.70. The fourth-order valence-corrected chi connectivity index (χ4v) is 7.49. The first-order valence-electron chi connectivity index (χ1n) is 6.77. The summed E-state index contributed by atoms with van der Waals surface area (Å²) in [5.74, 6) is 0. The Kier molecular flexibility index (Phi) is 3.82. The highest BCUT2D eigenvalue weighted by Crippen LogP contribution is 2.14. The van der Waals surface area contributed by atoms with Gasteiger partial charge in [0.1, 0.15) is 0 Å². The van der Waals surface area contributed by atoms with E-state index in [0.29, 0.717) is 0 Å². The van der Waals surface area contributed by atoms with Crippen molar-refractivity contribution in [1.82, 2.24) is 0 Å². The van der Waals surface area contributed by atoms with E-state index in [1.54, 1.807) is 0 Å². The zero-order chi connectivity index (χ0) is 13.8. The van der Waals surface area contributed by atoms with Crippen LogP contribution in [0.15, 0.2) is 91.0 Å². The van der Waals surface area contributed by atoms with Crippen LogP contribution in [0, 0.1) is 0 Å². The van der Waals surface area contributed by atoms with Crippen LogP contribution in [0.3, 0.4) is 0 Å². The maximum atomic E-state index is 3.20. The summed E-state index contributed by atoms with van der Waals surface area (Å²) >= 11 is 0. The fourth-order valence-electron chi connectivity index (χ4n) is 2.60. The molecule has 0 N–H and O–H groups in total. The van der Waals surface area contributed by atoms with E-state index in [1.165, 1.54) is 15.6 Å². The average molecular weight is 292 g/mol. The maximum Gasteiger partial charge on any atom is 0.168 e. The van der Waals surface area contributed by atoms with Crippen LogP contribution in [0.25, 0.3) is 0 Å². The minimum Gasteiger partial charge on any atom is -0.135 e. The van der Waals surface area contributed by atoms with Crippen molar-refractivity contribution in [3.63, 3.8) is 0 Å². The van der Waals surface area contributed by atoms with Crippen molar-refractivity contribution in [2.75, 3.05) is 0 Å². The highest BCUT2D eigenvalue weighted by Gasteiger charge is 2.33. The van der Waals surface area contributed by atoms with Crippen LogP contribution in [-0.4, -0.2) is 7.74 Å². The molecule has 0 amide bonds. The second kappa shape index (κ2) is 5.74. The van der Waals surface area contributed by atoms with Gasteiger partial charge >= 0.3 is 0 Å². The van der Waals surface area contributed by atoms with Crippen LogP contribution in [0.1, 0.15) is 0 Å². The second-order valence-corrected chi connectivity index (χ2v) is 10.9. The fraction of sp³-hybridized carbons (Fsp3) is 0. The Bertz CT molecular complexity index is 569. The molecule has 0 aliphatic carbocycles. The van der Waals surface area contributed by atoms with Gasteiger partial charge in [-0.25, -0.2) is 0 Å². The van der Waals surface area contributed by atoms with Gasteiger partial charge in [-0.2, -0.15) is 0 Å². The van der Waals surface area contributed by atoms with Crippen LogP contribution in [0.2, 0.25) is 0 Å². The molecule has 0 spiro atoms. The molecule has 20 heavy (non-hydrogen) atoms. The Morgan fingerprint density at radius 1 is 0.450 bits per heavy atom. The molecule has 0 aliphatic heterocycles. The highest BCUT2D eigenvalue weighted by atomic mass is 31.3. The lowest BCUT2D eigenvalue weighted by Gasteiger charge is -2.29. The van der Waals surface area contributed by atoms with E-state index >= 15 is 0 Å². The zero-order valence-electron chi connectivity index (χ0n) is 11.2. The van der Waals surface area contributed by atoms with Gasteiger partial charge in [0.05, 0.1) is 0 Å². The molecule has 0 aromatic heterocycles. The number of benzene rings is 3. The smallest absolute Gasteiger partial charge is 0.135 e. The van der Waals surface area contributed by atoms with Crippen molar-refractivity contribution in [1.29, 1.82) is 0 Å². The van der Waals surface area contributed by atoms with E-state index in [0.717, 1.165) is 0 Å². The van der Waals surface area contributed by atoms with Crippen molar-refractivity contribution in [3.8, 4) is 0 Å². The predicted molar refractivity (Wildman–Crippen MR) is 93.7 cm³/mol. The van der Waals surface area contributed by atoms with E-state index < -0.39 is 7.74 Å². The second-order valence-electron chi connectivity index (χ2n) is 4.91. The molecule has 2 heteroatoms. The number of hydrogen-bond donors (Lipinski definition) is 0. The van der Waals surface area contributed by atoms with Crippen molar-refractivity contribution in [3.05, 3.63) is 91.0 Å². The normalized spacial score (nSPS) is 11.2. The van der Waals surface area contributed by atoms with Gasteiger partial charge in [0, 0.05) is 0 Å². The molecule has 0 radical (unpaired) electrons. The summed E-state index contributed by atoms with van der Waals surface area (Å²) < 4.78 is 0. The minimum atomic E-state index is -1.96. The molecule has 3 aromatic carbocycles. The van der Waals surface area contributed by atoms with Crippen LogP contribution in [0.4, 0.5) is 0 Å². The Morgan fingerprint density at radius 2 is 0.700 bits per heavy atom. The molecule has 0 bridgehead atoms. The van der Waals surface area contributed by atoms with Gasteiger partial charge in [0.25, 0.3) is 0 Å². The first-order chi connectivity index (χ1) is 9.82. The van der Waals surface area contributed by atoms with Crippen LogP contribution < -0.4 is 15.6 Å². The van der Waals surface area contributed by atoms with E-state index in [9.17, 15) is 0 Å². The summed E-state index contributed by atoms with van der Waals surface area (Å²) in [5.41, 5.74) is 0. The van der Waals surface area contributed by atoms with Gasteiger partial charge in [-0.05, 0) is 15.6 Å². The van der Waals surface area contributed by atoms with Crippen LogP contribution in [0.5, 0.6) is 0 Å². The monoisotopic (exact) mass is 292 g/mol. The van der Waals surface area contributed by atoms with Gasteiger partial charge in [-0.3, -0.25) is 0 Å². The molecule has 1 atom stereocenters. The molecule has 0 saturated carbocycles. The Morgan fingerprint density at radius 3 is 0.950 bits per heavy atom. The summed E-state index contributed by atoms with van der Waals surface area (Å²) in [6.45, 7) is 0. The van der Waals surface area contributed by atoms with Gasteiger partial charge < -0.3 is 0 Å². The Balaban J connectivity index is 2.24. The summed E-state index contributed by atoms with van der Waals surface area (Å²) in [4.78, 5) is 0. The van der Waals surface area contributed by atoms with Crippen LogP contribution >= 0.6 is 8.79 Å². The SMILES string of the molecule is P[Si](c1ccccc1)(c1ccccc1)c1ccccc1. The molecular weight excluding hydrogens is 275 g/mol. The van der Waals surface area contributed by atoms with Crippen molar-refractivity contribution in [2.45, 2.75) is 0 Å². The first-order valence-corrected chi connectivity index (χ1v) is 10.6. The van der Waals surface area contributed by atoms with E-state index in [4.69, 9.17) is 0 Å². The zero-order valence-corrected chi connectivity index (χ0v) is 13.4. The third-order valence-electron chi connectivity index (χ3n) is 3.69. The topological polar surface area (TPSA) is 0 Å². The lowest BCUT2D eigenvalue weighted by Crippen LogP contribution is -2.62. The lowest BCUT2D eigenvalue weighted by atomic mass is 10.3. The maximum absolute atomic E-state index is 3.20. The van der Waals surface area contributed by atoms with Crippen LogP contribution in [-0.2, 0) is 0 Å². The molecule has 3 rings (SSSR count). The van der Waals surface area contributed by atoms with Gasteiger partial charge in [0.15, 0.2) is 7.74 Å². The van der Waals surface area contributed by atoms with Gasteiger partial charge in [0.2, 0.25) is 0 Å². The first kappa shape index (κ1) is 13.3. The largest absolute Gasteiger partial charge is 0.168 e. The molecule has 98 valence electrons. The van der Waals surface area contributed by atoms with Gasteiger partial charge in [-0.1, -0.05) is 91.0 Å². The van der Waals surface area contributed by atoms with E-state index in [-0.39, 0.29) is 0 Å². The van der Waals surface area contributed by atoms with Gasteiger partial charge in [-0.15, -0.1) is 8.79 Å². The summed E-state index contributed by atoms with van der Waals surface area (Å²) in [5, 5.41) is 4.26. The molecule has 0 heterocycles. The van der Waals surface area contributed by atoms with Crippen molar-refractivity contribution >= 4 is 32.1 Å². The molecule has 3 aromatic rings. The number of hydrogen-bond acceptors (Lipinski definition) is 0.